The standard InChI is InChI=1S/C16H25N3O.C2H6O/c1-3-16-13(5-4-8-17-11-20)9-14(10-18-16)12(2)19-15-6-7-15;1-3-2/h9-12,15,19H,3-8H2,1-2H3,(H,17,20);1-2H3. The van der Waals surface area contributed by atoms with E-state index < -0.39 is 0 Å². The third-order valence-electron chi connectivity index (χ3n) is 3.83. The Labute approximate surface area is 140 Å². The van der Waals surface area contributed by atoms with Gasteiger partial charge in [-0.1, -0.05) is 13.0 Å². The molecule has 1 aliphatic rings. The number of methoxy groups -OCH3 is 1. The second-order valence-corrected chi connectivity index (χ2v) is 5.97. The molecule has 5 heteroatoms. The Hall–Kier alpha value is -1.46. The Morgan fingerprint density at radius 1 is 1.43 bits per heavy atom. The maximum Gasteiger partial charge on any atom is 0.207 e. The van der Waals surface area contributed by atoms with Crippen molar-refractivity contribution in [3.63, 3.8) is 0 Å². The van der Waals surface area contributed by atoms with Crippen LogP contribution in [0, 0.1) is 0 Å². The number of hydrogen-bond acceptors (Lipinski definition) is 4. The van der Waals surface area contributed by atoms with Crippen molar-refractivity contribution >= 4 is 6.41 Å². The molecule has 1 amide bonds. The highest BCUT2D eigenvalue weighted by molar-refractivity contribution is 5.45. The van der Waals surface area contributed by atoms with Gasteiger partial charge in [0.1, 0.15) is 0 Å². The third-order valence-corrected chi connectivity index (χ3v) is 3.83. The second-order valence-electron chi connectivity index (χ2n) is 5.97. The highest BCUT2D eigenvalue weighted by atomic mass is 16.4. The van der Waals surface area contributed by atoms with E-state index in [4.69, 9.17) is 0 Å². The monoisotopic (exact) mass is 321 g/mol. The Balaban J connectivity index is 0.000000816. The van der Waals surface area contributed by atoms with Gasteiger partial charge in [0.25, 0.3) is 0 Å². The van der Waals surface area contributed by atoms with Crippen molar-refractivity contribution in [2.45, 2.75) is 58.0 Å². The highest BCUT2D eigenvalue weighted by Crippen LogP contribution is 2.24. The molecule has 1 unspecified atom stereocenters. The van der Waals surface area contributed by atoms with Gasteiger partial charge in [0.15, 0.2) is 0 Å². The van der Waals surface area contributed by atoms with Crippen LogP contribution >= 0.6 is 0 Å². The molecule has 23 heavy (non-hydrogen) atoms. The van der Waals surface area contributed by atoms with Crippen molar-refractivity contribution < 1.29 is 9.53 Å². The minimum atomic E-state index is 0.368. The minimum absolute atomic E-state index is 0.368. The Kier molecular flexibility index (Phi) is 9.48. The molecule has 0 radical (unpaired) electrons. The van der Waals surface area contributed by atoms with E-state index in [9.17, 15) is 4.79 Å². The van der Waals surface area contributed by atoms with Crippen molar-refractivity contribution in [3.8, 4) is 0 Å². The van der Waals surface area contributed by atoms with Crippen LogP contribution < -0.4 is 10.6 Å². The number of nitrogens with zero attached hydrogens (tertiary/aromatic N) is 1. The van der Waals surface area contributed by atoms with Gasteiger partial charge in [0, 0.05) is 44.7 Å². The number of carbonyl (C=O) groups is 1. The molecule has 0 saturated heterocycles. The van der Waals surface area contributed by atoms with Gasteiger partial charge in [-0.25, -0.2) is 0 Å². The maximum absolute atomic E-state index is 10.3. The van der Waals surface area contributed by atoms with Crippen LogP contribution in [0.3, 0.4) is 0 Å². The maximum atomic E-state index is 10.3. The summed E-state index contributed by atoms with van der Waals surface area (Å²) < 4.78 is 4.25. The highest BCUT2D eigenvalue weighted by Gasteiger charge is 2.23. The molecule has 1 atom stereocenters. The fourth-order valence-corrected chi connectivity index (χ4v) is 2.47. The average molecular weight is 321 g/mol. The Morgan fingerprint density at radius 2 is 2.13 bits per heavy atom. The van der Waals surface area contributed by atoms with Gasteiger partial charge < -0.3 is 15.4 Å². The molecule has 5 nitrogen and oxygen atoms in total. The molecule has 1 aromatic rings. The van der Waals surface area contributed by atoms with Gasteiger partial charge in [-0.05, 0) is 50.2 Å². The quantitative estimate of drug-likeness (QED) is 0.541. The summed E-state index contributed by atoms with van der Waals surface area (Å²) >= 11 is 0. The normalized spacial score (nSPS) is 14.6. The Morgan fingerprint density at radius 3 is 2.70 bits per heavy atom. The summed E-state index contributed by atoms with van der Waals surface area (Å²) in [7, 11) is 3.25. The molecule has 1 saturated carbocycles. The molecule has 1 aromatic heterocycles. The van der Waals surface area contributed by atoms with E-state index in [0.29, 0.717) is 12.1 Å². The van der Waals surface area contributed by atoms with Crippen molar-refractivity contribution in [2.75, 3.05) is 20.8 Å². The van der Waals surface area contributed by atoms with Gasteiger partial charge in [-0.15, -0.1) is 0 Å². The van der Waals surface area contributed by atoms with Gasteiger partial charge in [0.2, 0.25) is 6.41 Å². The lowest BCUT2D eigenvalue weighted by Crippen LogP contribution is -2.21. The molecular formula is C18H31N3O2. The summed E-state index contributed by atoms with van der Waals surface area (Å²) in [5.41, 5.74) is 3.77. The first kappa shape index (κ1) is 19.6. The summed E-state index contributed by atoms with van der Waals surface area (Å²) in [5.74, 6) is 0. The van der Waals surface area contributed by atoms with Crippen molar-refractivity contribution in [1.29, 1.82) is 0 Å². The fraction of sp³-hybridized carbons (Fsp3) is 0.667. The summed E-state index contributed by atoms with van der Waals surface area (Å²) in [6.45, 7) is 5.08. The molecule has 1 heterocycles. The lowest BCUT2D eigenvalue weighted by molar-refractivity contribution is -0.109. The number of aromatic nitrogens is 1. The van der Waals surface area contributed by atoms with E-state index in [-0.39, 0.29) is 0 Å². The summed E-state index contributed by atoms with van der Waals surface area (Å²) in [5, 5.41) is 6.33. The molecule has 2 rings (SSSR count). The van der Waals surface area contributed by atoms with Crippen molar-refractivity contribution in [2.24, 2.45) is 0 Å². The van der Waals surface area contributed by atoms with Crippen LogP contribution in [0.1, 0.15) is 56.0 Å². The van der Waals surface area contributed by atoms with E-state index in [1.807, 2.05) is 6.20 Å². The SMILES string of the molecule is CCc1ncc(C(C)NC2CC2)cc1CCCNC=O.COC. The zero-order valence-corrected chi connectivity index (χ0v) is 14.9. The molecule has 0 bridgehead atoms. The predicted molar refractivity (Wildman–Crippen MR) is 93.5 cm³/mol. The third kappa shape index (κ3) is 7.57. The molecule has 1 fully saturated rings. The lowest BCUT2D eigenvalue weighted by Gasteiger charge is -2.16. The number of nitrogens with one attached hydrogen (secondary N) is 2. The zero-order chi connectivity index (χ0) is 17.1. The van der Waals surface area contributed by atoms with Crippen LogP contribution in [-0.2, 0) is 22.4 Å². The summed E-state index contributed by atoms with van der Waals surface area (Å²) in [4.78, 5) is 14.9. The topological polar surface area (TPSA) is 63.2 Å². The number of amides is 1. The second kappa shape index (κ2) is 11.1. The number of pyridine rings is 1. The average Bonchev–Trinajstić information content (AvgIpc) is 3.36. The van der Waals surface area contributed by atoms with Gasteiger partial charge >= 0.3 is 0 Å². The minimum Gasteiger partial charge on any atom is -0.388 e. The van der Waals surface area contributed by atoms with Crippen LogP contribution in [0.5, 0.6) is 0 Å². The summed E-state index contributed by atoms with van der Waals surface area (Å²) in [6, 6.07) is 3.36. The van der Waals surface area contributed by atoms with Crippen LogP contribution in [0.25, 0.3) is 0 Å². The van der Waals surface area contributed by atoms with Crippen LogP contribution in [0.15, 0.2) is 12.3 Å². The number of ether oxygens (including phenoxy) is 1. The lowest BCUT2D eigenvalue weighted by atomic mass is 10.0. The number of hydrogen-bond donors (Lipinski definition) is 2. The van der Waals surface area contributed by atoms with E-state index in [1.54, 1.807) is 14.2 Å². The molecule has 0 aromatic carbocycles. The first-order valence-electron chi connectivity index (χ1n) is 8.47. The Bertz CT molecular complexity index is 462. The molecular weight excluding hydrogens is 290 g/mol. The smallest absolute Gasteiger partial charge is 0.207 e. The van der Waals surface area contributed by atoms with E-state index in [0.717, 1.165) is 32.2 Å². The number of aryl methyl sites for hydroxylation is 2. The first-order chi connectivity index (χ1) is 11.2. The molecule has 130 valence electrons. The van der Waals surface area contributed by atoms with Gasteiger partial charge in [-0.2, -0.15) is 0 Å². The number of carbonyl (C=O) groups excluding carboxylic acids is 1. The van der Waals surface area contributed by atoms with E-state index in [1.165, 1.54) is 29.7 Å². The van der Waals surface area contributed by atoms with E-state index in [2.05, 4.69) is 40.3 Å². The molecule has 0 spiro atoms. The van der Waals surface area contributed by atoms with Crippen LogP contribution in [0.2, 0.25) is 0 Å². The molecule has 0 aliphatic heterocycles. The number of rotatable bonds is 9. The van der Waals surface area contributed by atoms with Gasteiger partial charge in [0.05, 0.1) is 0 Å². The van der Waals surface area contributed by atoms with Crippen LogP contribution in [0.4, 0.5) is 0 Å². The molecule has 1 aliphatic carbocycles. The van der Waals surface area contributed by atoms with E-state index >= 15 is 0 Å². The fourth-order valence-electron chi connectivity index (χ4n) is 2.47. The van der Waals surface area contributed by atoms with Crippen molar-refractivity contribution in [1.82, 2.24) is 15.6 Å². The largest absolute Gasteiger partial charge is 0.388 e. The zero-order valence-electron chi connectivity index (χ0n) is 14.9. The molecule has 2 N–H and O–H groups in total. The predicted octanol–water partition coefficient (Wildman–Crippen LogP) is 2.40. The summed E-state index contributed by atoms with van der Waals surface area (Å²) in [6.07, 6.45) is 8.26. The van der Waals surface area contributed by atoms with Crippen LogP contribution in [-0.4, -0.2) is 38.2 Å². The first-order valence-corrected chi connectivity index (χ1v) is 8.47. The van der Waals surface area contributed by atoms with Gasteiger partial charge in [-0.3, -0.25) is 9.78 Å². The van der Waals surface area contributed by atoms with Crippen molar-refractivity contribution in [3.05, 3.63) is 29.1 Å².